The van der Waals surface area contributed by atoms with E-state index in [2.05, 4.69) is 5.32 Å². The zero-order valence-corrected chi connectivity index (χ0v) is 11.3. The maximum absolute atomic E-state index is 12.9. The van der Waals surface area contributed by atoms with Gasteiger partial charge in [-0.3, -0.25) is 0 Å². The van der Waals surface area contributed by atoms with Crippen LogP contribution in [-0.4, -0.2) is 23.1 Å². The number of nitrogens with one attached hydrogen (secondary N) is 1. The van der Waals surface area contributed by atoms with Crippen molar-refractivity contribution >= 4 is 17.3 Å². The molecule has 1 aromatic carbocycles. The molecule has 19 heavy (non-hydrogen) atoms. The molecule has 1 saturated carbocycles. The van der Waals surface area contributed by atoms with Gasteiger partial charge in [0.1, 0.15) is 0 Å². The lowest BCUT2D eigenvalue weighted by Gasteiger charge is -2.26. The highest BCUT2D eigenvalue weighted by atomic mass is 32.1. The minimum absolute atomic E-state index is 0.194. The first-order valence-corrected chi connectivity index (χ1v) is 6.47. The zero-order chi connectivity index (χ0) is 14.0. The van der Waals surface area contributed by atoms with Gasteiger partial charge in [0.15, 0.2) is 5.11 Å². The molecule has 0 aromatic heterocycles. The van der Waals surface area contributed by atoms with Crippen molar-refractivity contribution in [2.45, 2.75) is 31.6 Å². The Hall–Kier alpha value is -1.30. The zero-order valence-electron chi connectivity index (χ0n) is 10.5. The number of rotatable bonds is 3. The summed E-state index contributed by atoms with van der Waals surface area (Å²) >= 11 is 5.16. The molecule has 0 radical (unpaired) electrons. The summed E-state index contributed by atoms with van der Waals surface area (Å²) < 4.78 is 38.8. The van der Waals surface area contributed by atoms with E-state index in [0.29, 0.717) is 5.11 Å². The maximum atomic E-state index is 12.9. The summed E-state index contributed by atoms with van der Waals surface area (Å²) in [4.78, 5) is 1.83. The van der Waals surface area contributed by atoms with Gasteiger partial charge in [0.05, 0.1) is 5.56 Å². The van der Waals surface area contributed by atoms with E-state index in [1.54, 1.807) is 13.1 Å². The maximum Gasteiger partial charge on any atom is 0.416 e. The van der Waals surface area contributed by atoms with Crippen LogP contribution in [0, 0.1) is 0 Å². The smallest absolute Gasteiger partial charge is 0.366 e. The number of halogens is 3. The predicted molar refractivity (Wildman–Crippen MR) is 71.7 cm³/mol. The van der Waals surface area contributed by atoms with Crippen molar-refractivity contribution in [1.82, 2.24) is 10.2 Å². The van der Waals surface area contributed by atoms with Crippen LogP contribution in [0.4, 0.5) is 13.2 Å². The van der Waals surface area contributed by atoms with Crippen LogP contribution < -0.4 is 5.32 Å². The van der Waals surface area contributed by atoms with Gasteiger partial charge in [-0.25, -0.2) is 0 Å². The Kier molecular flexibility index (Phi) is 3.99. The normalized spacial score (nSPS) is 15.2. The summed E-state index contributed by atoms with van der Waals surface area (Å²) in [6.45, 7) is 0.194. The molecule has 1 aliphatic carbocycles. The highest BCUT2D eigenvalue weighted by Gasteiger charge is 2.35. The SMILES string of the molecule is CNC(=S)N(Cc1ccccc1C(F)(F)F)C1CC1. The molecule has 104 valence electrons. The van der Waals surface area contributed by atoms with Gasteiger partial charge in [-0.1, -0.05) is 18.2 Å². The van der Waals surface area contributed by atoms with Crippen molar-refractivity contribution in [1.29, 1.82) is 0 Å². The molecule has 1 fully saturated rings. The highest BCUT2D eigenvalue weighted by molar-refractivity contribution is 7.80. The minimum Gasteiger partial charge on any atom is -0.366 e. The number of benzene rings is 1. The fourth-order valence-electron chi connectivity index (χ4n) is 2.01. The fraction of sp³-hybridized carbons (Fsp3) is 0.462. The van der Waals surface area contributed by atoms with Gasteiger partial charge >= 0.3 is 6.18 Å². The number of nitrogens with zero attached hydrogens (tertiary/aromatic N) is 1. The van der Waals surface area contributed by atoms with Crippen molar-refractivity contribution in [3.63, 3.8) is 0 Å². The Bertz CT molecular complexity index is 469. The standard InChI is InChI=1S/C13H15F3N2S/c1-17-12(19)18(10-6-7-10)8-9-4-2-3-5-11(9)13(14,15)16/h2-5,10H,6-8H2,1H3,(H,17,19). The van der Waals surface area contributed by atoms with Crippen LogP contribution in [0.1, 0.15) is 24.0 Å². The molecule has 2 rings (SSSR count). The number of thiocarbonyl (C=S) groups is 1. The van der Waals surface area contributed by atoms with Crippen molar-refractivity contribution in [3.05, 3.63) is 35.4 Å². The monoisotopic (exact) mass is 288 g/mol. The number of hydrogen-bond acceptors (Lipinski definition) is 1. The largest absolute Gasteiger partial charge is 0.416 e. The molecule has 1 N–H and O–H groups in total. The van der Waals surface area contributed by atoms with Gasteiger partial charge in [-0.05, 0) is 36.7 Å². The molecule has 0 unspecified atom stereocenters. The Morgan fingerprint density at radius 3 is 2.53 bits per heavy atom. The third-order valence-electron chi connectivity index (χ3n) is 3.13. The fourth-order valence-corrected chi connectivity index (χ4v) is 2.23. The van der Waals surface area contributed by atoms with Gasteiger partial charge in [0.2, 0.25) is 0 Å². The number of hydrogen-bond donors (Lipinski definition) is 1. The molecule has 1 aliphatic rings. The van der Waals surface area contributed by atoms with Crippen LogP contribution in [0.15, 0.2) is 24.3 Å². The molecule has 1 aromatic rings. The third kappa shape index (κ3) is 3.37. The van der Waals surface area contributed by atoms with Gasteiger partial charge in [-0.15, -0.1) is 0 Å². The molecule has 0 spiro atoms. The summed E-state index contributed by atoms with van der Waals surface area (Å²) in [5.41, 5.74) is -0.320. The molecule has 0 aliphatic heterocycles. The lowest BCUT2D eigenvalue weighted by molar-refractivity contribution is -0.138. The highest BCUT2D eigenvalue weighted by Crippen LogP contribution is 2.34. The van der Waals surface area contributed by atoms with E-state index < -0.39 is 11.7 Å². The Labute approximate surface area is 115 Å². The molecule has 0 bridgehead atoms. The topological polar surface area (TPSA) is 15.3 Å². The molecular weight excluding hydrogens is 273 g/mol. The van der Waals surface area contributed by atoms with E-state index in [0.717, 1.165) is 18.9 Å². The molecule has 0 saturated heterocycles. The van der Waals surface area contributed by atoms with Crippen LogP contribution in [0.25, 0.3) is 0 Å². The van der Waals surface area contributed by atoms with Gasteiger partial charge in [0, 0.05) is 19.6 Å². The van der Waals surface area contributed by atoms with Crippen LogP contribution in [-0.2, 0) is 12.7 Å². The van der Waals surface area contributed by atoms with E-state index in [1.165, 1.54) is 12.1 Å². The van der Waals surface area contributed by atoms with E-state index in [-0.39, 0.29) is 18.2 Å². The van der Waals surface area contributed by atoms with E-state index in [9.17, 15) is 13.2 Å². The second kappa shape index (κ2) is 5.36. The van der Waals surface area contributed by atoms with E-state index in [4.69, 9.17) is 12.2 Å². The van der Waals surface area contributed by atoms with Crippen LogP contribution in [0.3, 0.4) is 0 Å². The second-order valence-electron chi connectivity index (χ2n) is 4.57. The molecule has 0 atom stereocenters. The Balaban J connectivity index is 2.24. The van der Waals surface area contributed by atoms with Gasteiger partial charge < -0.3 is 10.2 Å². The number of alkyl halides is 3. The summed E-state index contributed by atoms with van der Waals surface area (Å²) in [6.07, 6.45) is -2.36. The van der Waals surface area contributed by atoms with Crippen molar-refractivity contribution < 1.29 is 13.2 Å². The van der Waals surface area contributed by atoms with Gasteiger partial charge in [-0.2, -0.15) is 13.2 Å². The lowest BCUT2D eigenvalue weighted by atomic mass is 10.1. The molecule has 2 nitrogen and oxygen atoms in total. The van der Waals surface area contributed by atoms with Crippen molar-refractivity contribution in [2.24, 2.45) is 0 Å². The van der Waals surface area contributed by atoms with Crippen LogP contribution in [0.5, 0.6) is 0 Å². The summed E-state index contributed by atoms with van der Waals surface area (Å²) in [6, 6.07) is 5.92. The van der Waals surface area contributed by atoms with Crippen molar-refractivity contribution in [3.8, 4) is 0 Å². The summed E-state index contributed by atoms with van der Waals surface area (Å²) in [5, 5.41) is 3.34. The predicted octanol–water partition coefficient (Wildman–Crippen LogP) is 3.17. The molecule has 0 amide bonds. The van der Waals surface area contributed by atoms with Crippen molar-refractivity contribution in [2.75, 3.05) is 7.05 Å². The molecule has 6 heteroatoms. The first-order chi connectivity index (χ1) is 8.93. The van der Waals surface area contributed by atoms with Crippen LogP contribution in [0.2, 0.25) is 0 Å². The average Bonchev–Trinajstić information content (AvgIpc) is 3.18. The lowest BCUT2D eigenvalue weighted by Crippen LogP contribution is -2.39. The average molecular weight is 288 g/mol. The minimum atomic E-state index is -4.33. The van der Waals surface area contributed by atoms with Gasteiger partial charge in [0.25, 0.3) is 0 Å². The first-order valence-electron chi connectivity index (χ1n) is 6.07. The first kappa shape index (κ1) is 14.1. The van der Waals surface area contributed by atoms with Crippen LogP contribution >= 0.6 is 12.2 Å². The summed E-state index contributed by atoms with van der Waals surface area (Å²) in [5.74, 6) is 0. The summed E-state index contributed by atoms with van der Waals surface area (Å²) in [7, 11) is 1.69. The third-order valence-corrected chi connectivity index (χ3v) is 3.56. The van der Waals surface area contributed by atoms with E-state index in [1.807, 2.05) is 4.90 Å². The quantitative estimate of drug-likeness (QED) is 0.860. The molecular formula is C13H15F3N2S. The van der Waals surface area contributed by atoms with E-state index >= 15 is 0 Å². The Morgan fingerprint density at radius 2 is 2.00 bits per heavy atom. The second-order valence-corrected chi connectivity index (χ2v) is 4.96. The Morgan fingerprint density at radius 1 is 1.37 bits per heavy atom. The molecule has 0 heterocycles.